The molecule has 0 aromatic carbocycles. The molecular weight excluding hydrogens is 291 g/mol. The number of fused-ring (bicyclic) bond motifs is 1. The van der Waals surface area contributed by atoms with Crippen LogP contribution in [0.2, 0.25) is 0 Å². The molecule has 22 heavy (non-hydrogen) atoms. The molecule has 0 saturated carbocycles. The fourth-order valence-electron chi connectivity index (χ4n) is 2.42. The van der Waals surface area contributed by atoms with E-state index in [9.17, 15) is 18.0 Å². The van der Waals surface area contributed by atoms with Crippen LogP contribution < -0.4 is 0 Å². The van der Waals surface area contributed by atoms with Crippen molar-refractivity contribution in [2.75, 3.05) is 0 Å². The zero-order chi connectivity index (χ0) is 16.9. The van der Waals surface area contributed by atoms with Gasteiger partial charge in [0.1, 0.15) is 5.69 Å². The quantitative estimate of drug-likeness (QED) is 0.705. The van der Waals surface area contributed by atoms with Crippen LogP contribution in [0.25, 0.3) is 0 Å². The maximum Gasteiger partial charge on any atom is 0.433 e. The summed E-state index contributed by atoms with van der Waals surface area (Å²) in [6.07, 6.45) is 0.984. The van der Waals surface area contributed by atoms with Crippen LogP contribution in [-0.2, 0) is 6.18 Å². The lowest BCUT2D eigenvalue weighted by molar-refractivity contribution is -0.141. The number of halogens is 3. The number of allylic oxidation sites excluding steroid dienone is 3. The fourth-order valence-corrected chi connectivity index (χ4v) is 2.42. The first-order valence-corrected chi connectivity index (χ1v) is 7.26. The van der Waals surface area contributed by atoms with Gasteiger partial charge in [0.25, 0.3) is 0 Å². The Morgan fingerprint density at radius 1 is 1.27 bits per heavy atom. The first-order valence-electron chi connectivity index (χ1n) is 7.26. The fraction of sp³-hybridized carbons (Fsp3) is 0.412. The van der Waals surface area contributed by atoms with E-state index in [4.69, 9.17) is 0 Å². The summed E-state index contributed by atoms with van der Waals surface area (Å²) in [6, 6.07) is 2.08. The lowest BCUT2D eigenvalue weighted by atomic mass is 9.78. The van der Waals surface area contributed by atoms with Gasteiger partial charge in [-0.25, -0.2) is 4.98 Å². The molecule has 2 atom stereocenters. The average Bonchev–Trinajstić information content (AvgIpc) is 2.51. The summed E-state index contributed by atoms with van der Waals surface area (Å²) in [5.41, 5.74) is -0.529. The SMILES string of the molecule is C=CC1CC(/C=C\C)C(=O)c2ccc(C(F)(F)F)nc21.CC. The van der Waals surface area contributed by atoms with Crippen molar-refractivity contribution in [1.29, 1.82) is 0 Å². The van der Waals surface area contributed by atoms with E-state index >= 15 is 0 Å². The number of Topliss-reactive ketones (excluding diaryl/α,β-unsaturated/α-hetero) is 1. The molecule has 0 N–H and O–H groups in total. The Morgan fingerprint density at radius 2 is 1.91 bits per heavy atom. The van der Waals surface area contributed by atoms with Gasteiger partial charge >= 0.3 is 6.18 Å². The lowest BCUT2D eigenvalue weighted by Gasteiger charge is -2.26. The molecule has 0 fully saturated rings. The molecule has 2 unspecified atom stereocenters. The average molecular weight is 311 g/mol. The Bertz CT molecular complexity index is 576. The number of alkyl halides is 3. The van der Waals surface area contributed by atoms with E-state index in [1.165, 1.54) is 6.07 Å². The van der Waals surface area contributed by atoms with E-state index in [1.807, 2.05) is 13.8 Å². The summed E-state index contributed by atoms with van der Waals surface area (Å²) in [5.74, 6) is -0.849. The summed E-state index contributed by atoms with van der Waals surface area (Å²) in [6.45, 7) is 9.44. The molecule has 0 saturated heterocycles. The van der Waals surface area contributed by atoms with E-state index < -0.39 is 11.9 Å². The van der Waals surface area contributed by atoms with Gasteiger partial charge < -0.3 is 0 Å². The van der Waals surface area contributed by atoms with Crippen molar-refractivity contribution in [1.82, 2.24) is 4.98 Å². The van der Waals surface area contributed by atoms with Gasteiger partial charge in [-0.05, 0) is 25.5 Å². The largest absolute Gasteiger partial charge is 0.433 e. The third-order valence-corrected chi connectivity index (χ3v) is 3.39. The van der Waals surface area contributed by atoms with E-state index in [2.05, 4.69) is 11.6 Å². The van der Waals surface area contributed by atoms with Gasteiger partial charge in [0.2, 0.25) is 0 Å². The predicted molar refractivity (Wildman–Crippen MR) is 80.8 cm³/mol. The zero-order valence-electron chi connectivity index (χ0n) is 12.9. The van der Waals surface area contributed by atoms with E-state index in [0.29, 0.717) is 6.42 Å². The van der Waals surface area contributed by atoms with Gasteiger partial charge in [0.15, 0.2) is 5.78 Å². The second kappa shape index (κ2) is 7.38. The summed E-state index contributed by atoms with van der Waals surface area (Å²) in [5, 5.41) is 0. The number of carbonyl (C=O) groups excluding carboxylic acids is 1. The predicted octanol–water partition coefficient (Wildman–Crippen LogP) is 5.17. The highest BCUT2D eigenvalue weighted by Gasteiger charge is 2.37. The molecule has 0 aliphatic heterocycles. The normalized spacial score (nSPS) is 21.1. The molecule has 1 heterocycles. The highest BCUT2D eigenvalue weighted by molar-refractivity contribution is 6.01. The van der Waals surface area contributed by atoms with Crippen LogP contribution in [0, 0.1) is 5.92 Å². The molecule has 0 amide bonds. The molecule has 2 rings (SSSR count). The van der Waals surface area contributed by atoms with Crippen LogP contribution in [0.3, 0.4) is 0 Å². The van der Waals surface area contributed by atoms with Crippen LogP contribution >= 0.6 is 0 Å². The monoisotopic (exact) mass is 311 g/mol. The Hall–Kier alpha value is -1.91. The van der Waals surface area contributed by atoms with Crippen LogP contribution in [-0.4, -0.2) is 10.8 Å². The molecule has 5 heteroatoms. The maximum absolute atomic E-state index is 12.7. The number of rotatable bonds is 2. The first-order chi connectivity index (χ1) is 10.4. The van der Waals surface area contributed by atoms with Crippen molar-refractivity contribution in [2.24, 2.45) is 5.92 Å². The number of hydrogen-bond donors (Lipinski definition) is 0. The Balaban J connectivity index is 0.00000116. The van der Waals surface area contributed by atoms with E-state index in [0.717, 1.165) is 6.07 Å². The molecule has 0 radical (unpaired) electrons. The van der Waals surface area contributed by atoms with E-state index in [-0.39, 0.29) is 28.9 Å². The van der Waals surface area contributed by atoms with Gasteiger partial charge in [-0.15, -0.1) is 6.58 Å². The minimum absolute atomic E-state index is 0.181. The Morgan fingerprint density at radius 3 is 2.41 bits per heavy atom. The summed E-state index contributed by atoms with van der Waals surface area (Å²) in [7, 11) is 0. The molecule has 1 aliphatic carbocycles. The smallest absolute Gasteiger partial charge is 0.293 e. The maximum atomic E-state index is 12.7. The van der Waals surface area contributed by atoms with Crippen molar-refractivity contribution >= 4 is 5.78 Å². The van der Waals surface area contributed by atoms with E-state index in [1.54, 1.807) is 25.2 Å². The molecule has 0 bridgehead atoms. The topological polar surface area (TPSA) is 30.0 Å². The van der Waals surface area contributed by atoms with Crippen molar-refractivity contribution in [3.8, 4) is 0 Å². The zero-order valence-corrected chi connectivity index (χ0v) is 12.9. The first kappa shape index (κ1) is 18.1. The van der Waals surface area contributed by atoms with Crippen molar-refractivity contribution in [3.63, 3.8) is 0 Å². The van der Waals surface area contributed by atoms with Crippen LogP contribution in [0.15, 0.2) is 36.9 Å². The second-order valence-corrected chi connectivity index (χ2v) is 4.70. The standard InChI is InChI=1S/C15H14F3NO.C2H6/c1-3-5-10-8-9(4-2)13-11(14(10)20)6-7-12(19-13)15(16,17)18;1-2/h3-7,9-10H,2,8H2,1H3;1-2H3/b5-3-;. The van der Waals surface area contributed by atoms with Gasteiger partial charge in [-0.1, -0.05) is 32.1 Å². The van der Waals surface area contributed by atoms with Gasteiger partial charge in [0.05, 0.1) is 5.69 Å². The molecule has 1 aliphatic rings. The van der Waals surface area contributed by atoms with Crippen molar-refractivity contribution in [3.05, 3.63) is 53.9 Å². The third kappa shape index (κ3) is 3.64. The van der Waals surface area contributed by atoms with Gasteiger partial charge in [0, 0.05) is 17.4 Å². The molecular formula is C17H20F3NO. The van der Waals surface area contributed by atoms with Crippen LogP contribution in [0.1, 0.15) is 54.9 Å². The highest BCUT2D eigenvalue weighted by atomic mass is 19.4. The van der Waals surface area contributed by atoms with Crippen LogP contribution in [0.4, 0.5) is 13.2 Å². The minimum atomic E-state index is -4.51. The van der Waals surface area contributed by atoms with Crippen molar-refractivity contribution < 1.29 is 18.0 Å². The number of pyridine rings is 1. The van der Waals surface area contributed by atoms with Crippen molar-refractivity contribution in [2.45, 2.75) is 39.3 Å². The number of aromatic nitrogens is 1. The Labute approximate surface area is 128 Å². The molecule has 1 aromatic heterocycles. The molecule has 0 spiro atoms. The number of nitrogens with zero attached hydrogens (tertiary/aromatic N) is 1. The number of ketones is 1. The number of carbonyl (C=O) groups is 1. The number of hydrogen-bond acceptors (Lipinski definition) is 2. The minimum Gasteiger partial charge on any atom is -0.293 e. The highest BCUT2D eigenvalue weighted by Crippen LogP contribution is 2.37. The molecule has 2 nitrogen and oxygen atoms in total. The van der Waals surface area contributed by atoms with Gasteiger partial charge in [-0.2, -0.15) is 13.2 Å². The summed E-state index contributed by atoms with van der Waals surface area (Å²) < 4.78 is 38.1. The van der Waals surface area contributed by atoms with Gasteiger partial charge in [-0.3, -0.25) is 4.79 Å². The molecule has 1 aromatic rings. The van der Waals surface area contributed by atoms with Crippen LogP contribution in [0.5, 0.6) is 0 Å². The molecule has 120 valence electrons. The lowest BCUT2D eigenvalue weighted by Crippen LogP contribution is -2.26. The Kier molecular flexibility index (Phi) is 6.09. The summed E-state index contributed by atoms with van der Waals surface area (Å²) >= 11 is 0. The second-order valence-electron chi connectivity index (χ2n) is 4.70. The summed E-state index contributed by atoms with van der Waals surface area (Å²) in [4.78, 5) is 15.9. The third-order valence-electron chi connectivity index (χ3n) is 3.39.